The summed E-state index contributed by atoms with van der Waals surface area (Å²) in [6.07, 6.45) is 2.62. The molecular weight excluding hydrogens is 264 g/mol. The molecule has 0 aliphatic rings. The quantitative estimate of drug-likeness (QED) is 0.927. The number of nitrogens with two attached hydrogens (primary N) is 1. The van der Waals surface area contributed by atoms with Gasteiger partial charge in [-0.25, -0.2) is 4.98 Å². The van der Waals surface area contributed by atoms with E-state index in [0.29, 0.717) is 11.6 Å². The van der Waals surface area contributed by atoms with Gasteiger partial charge in [-0.2, -0.15) is 0 Å². The molecule has 0 amide bonds. The molecule has 0 bridgehead atoms. The first-order chi connectivity index (χ1) is 8.70. The van der Waals surface area contributed by atoms with E-state index < -0.39 is 0 Å². The van der Waals surface area contributed by atoms with Crippen molar-refractivity contribution in [2.45, 2.75) is 23.3 Å². The predicted molar refractivity (Wildman–Crippen MR) is 77.3 cm³/mol. The zero-order valence-corrected chi connectivity index (χ0v) is 11.8. The van der Waals surface area contributed by atoms with Crippen LogP contribution >= 0.6 is 23.4 Å². The summed E-state index contributed by atoms with van der Waals surface area (Å²) in [6, 6.07) is 10.1. The highest BCUT2D eigenvalue weighted by molar-refractivity contribution is 7.99. The van der Waals surface area contributed by atoms with Crippen molar-refractivity contribution in [3.8, 4) is 0 Å². The van der Waals surface area contributed by atoms with E-state index in [1.807, 2.05) is 12.1 Å². The standard InChI is InChI=1S/C14H15ClN2S/c1-10-4-5-13(11(9-10)6-7-16)18-14-12(15)3-2-8-17-14/h2-5,8-9H,6-7,16H2,1H3. The van der Waals surface area contributed by atoms with E-state index in [4.69, 9.17) is 17.3 Å². The fourth-order valence-electron chi connectivity index (χ4n) is 1.71. The van der Waals surface area contributed by atoms with Crippen LogP contribution in [0.2, 0.25) is 5.02 Å². The second kappa shape index (κ2) is 6.23. The van der Waals surface area contributed by atoms with Crippen LogP contribution in [0.25, 0.3) is 0 Å². The van der Waals surface area contributed by atoms with E-state index in [1.54, 1.807) is 18.0 Å². The summed E-state index contributed by atoms with van der Waals surface area (Å²) in [7, 11) is 0. The van der Waals surface area contributed by atoms with Crippen LogP contribution in [0.1, 0.15) is 11.1 Å². The van der Waals surface area contributed by atoms with Gasteiger partial charge in [-0.3, -0.25) is 0 Å². The van der Waals surface area contributed by atoms with E-state index in [9.17, 15) is 0 Å². The van der Waals surface area contributed by atoms with Gasteiger partial charge in [0.25, 0.3) is 0 Å². The van der Waals surface area contributed by atoms with Crippen molar-refractivity contribution >= 4 is 23.4 Å². The van der Waals surface area contributed by atoms with Crippen molar-refractivity contribution in [3.63, 3.8) is 0 Å². The Kier molecular flexibility index (Phi) is 4.64. The van der Waals surface area contributed by atoms with Gasteiger partial charge in [0.1, 0.15) is 5.03 Å². The molecule has 0 saturated heterocycles. The minimum Gasteiger partial charge on any atom is -0.330 e. The molecule has 0 radical (unpaired) electrons. The smallest absolute Gasteiger partial charge is 0.119 e. The molecule has 1 aromatic heterocycles. The third-order valence-corrected chi connectivity index (χ3v) is 4.11. The molecule has 0 atom stereocenters. The highest BCUT2D eigenvalue weighted by atomic mass is 35.5. The Hall–Kier alpha value is -1.03. The van der Waals surface area contributed by atoms with Crippen LogP contribution in [0.5, 0.6) is 0 Å². The zero-order chi connectivity index (χ0) is 13.0. The maximum atomic E-state index is 6.13. The van der Waals surface area contributed by atoms with Crippen LogP contribution in [0.4, 0.5) is 0 Å². The summed E-state index contributed by atoms with van der Waals surface area (Å²) in [6.45, 7) is 2.73. The van der Waals surface area contributed by atoms with E-state index in [1.165, 1.54) is 16.0 Å². The molecule has 0 aliphatic heterocycles. The summed E-state index contributed by atoms with van der Waals surface area (Å²) in [5, 5.41) is 1.52. The number of nitrogens with zero attached hydrogens (tertiary/aromatic N) is 1. The van der Waals surface area contributed by atoms with Gasteiger partial charge in [0.05, 0.1) is 5.02 Å². The van der Waals surface area contributed by atoms with Gasteiger partial charge in [-0.05, 0) is 43.7 Å². The lowest BCUT2D eigenvalue weighted by molar-refractivity contribution is 0.940. The first-order valence-corrected chi connectivity index (χ1v) is 6.98. The molecule has 1 heterocycles. The summed E-state index contributed by atoms with van der Waals surface area (Å²) in [5.74, 6) is 0. The van der Waals surface area contributed by atoms with Gasteiger partial charge in [0.15, 0.2) is 0 Å². The Morgan fingerprint density at radius 2 is 2.17 bits per heavy atom. The maximum Gasteiger partial charge on any atom is 0.119 e. The number of pyridine rings is 1. The van der Waals surface area contributed by atoms with Gasteiger partial charge in [-0.1, -0.05) is 41.1 Å². The Morgan fingerprint density at radius 3 is 2.89 bits per heavy atom. The van der Waals surface area contributed by atoms with Crippen molar-refractivity contribution in [2.75, 3.05) is 6.54 Å². The molecule has 0 fully saturated rings. The molecule has 0 saturated carbocycles. The van der Waals surface area contributed by atoms with Crippen LogP contribution in [0.15, 0.2) is 46.5 Å². The zero-order valence-electron chi connectivity index (χ0n) is 10.2. The second-order valence-corrected chi connectivity index (χ2v) is 5.48. The monoisotopic (exact) mass is 278 g/mol. The summed E-state index contributed by atoms with van der Waals surface area (Å²) >= 11 is 7.72. The van der Waals surface area contributed by atoms with E-state index in [-0.39, 0.29) is 0 Å². The summed E-state index contributed by atoms with van der Waals surface area (Å²) in [4.78, 5) is 5.47. The fraction of sp³-hybridized carbons (Fsp3) is 0.214. The third-order valence-electron chi connectivity index (χ3n) is 2.56. The normalized spacial score (nSPS) is 10.6. The SMILES string of the molecule is Cc1ccc(Sc2ncccc2Cl)c(CCN)c1. The van der Waals surface area contributed by atoms with Crippen molar-refractivity contribution in [2.24, 2.45) is 5.73 Å². The van der Waals surface area contributed by atoms with E-state index >= 15 is 0 Å². The first kappa shape index (κ1) is 13.4. The Bertz CT molecular complexity index is 543. The average Bonchev–Trinajstić information content (AvgIpc) is 2.35. The number of rotatable bonds is 4. The molecule has 0 aliphatic carbocycles. The predicted octanol–water partition coefficient (Wildman–Crippen LogP) is 3.70. The first-order valence-electron chi connectivity index (χ1n) is 5.78. The van der Waals surface area contributed by atoms with Gasteiger partial charge in [0.2, 0.25) is 0 Å². The van der Waals surface area contributed by atoms with Crippen molar-refractivity contribution in [3.05, 3.63) is 52.7 Å². The van der Waals surface area contributed by atoms with Crippen LogP contribution in [0.3, 0.4) is 0 Å². The van der Waals surface area contributed by atoms with Gasteiger partial charge >= 0.3 is 0 Å². The van der Waals surface area contributed by atoms with Gasteiger partial charge in [-0.15, -0.1) is 0 Å². The number of aromatic nitrogens is 1. The molecule has 2 rings (SSSR count). The second-order valence-electron chi connectivity index (χ2n) is 4.04. The highest BCUT2D eigenvalue weighted by Gasteiger charge is 2.08. The molecule has 0 unspecified atom stereocenters. The molecule has 1 aromatic carbocycles. The molecule has 4 heteroatoms. The largest absolute Gasteiger partial charge is 0.330 e. The van der Waals surface area contributed by atoms with Crippen molar-refractivity contribution in [1.29, 1.82) is 0 Å². The Morgan fingerprint density at radius 1 is 1.33 bits per heavy atom. The molecule has 94 valence electrons. The van der Waals surface area contributed by atoms with Crippen molar-refractivity contribution in [1.82, 2.24) is 4.98 Å². The van der Waals surface area contributed by atoms with E-state index in [0.717, 1.165) is 11.4 Å². The maximum absolute atomic E-state index is 6.13. The number of hydrogen-bond acceptors (Lipinski definition) is 3. The number of benzene rings is 1. The number of halogens is 1. The topological polar surface area (TPSA) is 38.9 Å². The van der Waals surface area contributed by atoms with Crippen LogP contribution in [-0.2, 0) is 6.42 Å². The van der Waals surface area contributed by atoms with Gasteiger partial charge < -0.3 is 5.73 Å². The third kappa shape index (κ3) is 3.25. The minimum atomic E-state index is 0.646. The average molecular weight is 279 g/mol. The molecule has 0 spiro atoms. The van der Waals surface area contributed by atoms with Crippen LogP contribution in [-0.4, -0.2) is 11.5 Å². The molecule has 2 nitrogen and oxygen atoms in total. The Labute approximate surface area is 117 Å². The van der Waals surface area contributed by atoms with Crippen LogP contribution < -0.4 is 5.73 Å². The van der Waals surface area contributed by atoms with Gasteiger partial charge in [0, 0.05) is 11.1 Å². The minimum absolute atomic E-state index is 0.646. The van der Waals surface area contributed by atoms with Crippen LogP contribution in [0, 0.1) is 6.92 Å². The lowest BCUT2D eigenvalue weighted by atomic mass is 10.1. The fourth-order valence-corrected chi connectivity index (χ4v) is 2.86. The molecule has 2 N–H and O–H groups in total. The number of aryl methyl sites for hydroxylation is 1. The number of hydrogen-bond donors (Lipinski definition) is 1. The molecular formula is C14H15ClN2S. The lowest BCUT2D eigenvalue weighted by Gasteiger charge is -2.09. The van der Waals surface area contributed by atoms with Crippen molar-refractivity contribution < 1.29 is 0 Å². The summed E-state index contributed by atoms with van der Waals surface area (Å²) in [5.41, 5.74) is 8.15. The molecule has 18 heavy (non-hydrogen) atoms. The molecule has 2 aromatic rings. The van der Waals surface area contributed by atoms with E-state index in [2.05, 4.69) is 30.1 Å². The lowest BCUT2D eigenvalue weighted by Crippen LogP contribution is -2.04. The Balaban J connectivity index is 2.31. The highest BCUT2D eigenvalue weighted by Crippen LogP contribution is 2.33. The summed E-state index contributed by atoms with van der Waals surface area (Å²) < 4.78 is 0.